The molecule has 3 aromatic rings. The van der Waals surface area contributed by atoms with E-state index in [4.69, 9.17) is 4.52 Å². The summed E-state index contributed by atoms with van der Waals surface area (Å²) in [6.07, 6.45) is -4.47. The fourth-order valence-corrected chi connectivity index (χ4v) is 3.10. The standard InChI is InChI=1S/C19H17F3N4O2/c1-10-16-14(17(27)24-9-11-7-23-8-11)6-15(25-18(16)28-26-10)12-3-2-4-13(5-12)19(20,21)22/h2-6,11,23H,7-9H2,1H3,(H,24,27). The maximum absolute atomic E-state index is 13.0. The first-order valence-corrected chi connectivity index (χ1v) is 8.76. The Morgan fingerprint density at radius 2 is 2.11 bits per heavy atom. The van der Waals surface area contributed by atoms with Crippen LogP contribution < -0.4 is 10.6 Å². The van der Waals surface area contributed by atoms with Crippen LogP contribution in [0.1, 0.15) is 21.6 Å². The van der Waals surface area contributed by atoms with Crippen LogP contribution in [0.5, 0.6) is 0 Å². The summed E-state index contributed by atoms with van der Waals surface area (Å²) in [4.78, 5) is 17.0. The van der Waals surface area contributed by atoms with Gasteiger partial charge in [0.15, 0.2) is 0 Å². The Balaban J connectivity index is 1.75. The van der Waals surface area contributed by atoms with Crippen LogP contribution in [0.15, 0.2) is 34.9 Å². The number of fused-ring (bicyclic) bond motifs is 1. The van der Waals surface area contributed by atoms with Crippen LogP contribution in [0, 0.1) is 12.8 Å². The number of aromatic nitrogens is 2. The second kappa shape index (κ2) is 6.90. The molecule has 0 aliphatic carbocycles. The van der Waals surface area contributed by atoms with E-state index in [1.807, 2.05) is 0 Å². The number of alkyl halides is 3. The van der Waals surface area contributed by atoms with Crippen LogP contribution >= 0.6 is 0 Å². The Labute approximate surface area is 158 Å². The molecule has 28 heavy (non-hydrogen) atoms. The van der Waals surface area contributed by atoms with Gasteiger partial charge in [0.05, 0.1) is 27.9 Å². The summed E-state index contributed by atoms with van der Waals surface area (Å²) in [5, 5.41) is 10.3. The van der Waals surface area contributed by atoms with Gasteiger partial charge in [-0.1, -0.05) is 17.3 Å². The number of aryl methyl sites for hydroxylation is 1. The van der Waals surface area contributed by atoms with E-state index in [9.17, 15) is 18.0 Å². The lowest BCUT2D eigenvalue weighted by atomic mass is 10.0. The SMILES string of the molecule is Cc1noc2nc(-c3cccc(C(F)(F)F)c3)cc(C(=O)NCC3CNC3)c12. The number of hydrogen-bond donors (Lipinski definition) is 2. The summed E-state index contributed by atoms with van der Waals surface area (Å²) in [5.74, 6) is 0.0339. The zero-order valence-electron chi connectivity index (χ0n) is 14.9. The fraction of sp³-hybridized carbons (Fsp3) is 0.316. The van der Waals surface area contributed by atoms with Gasteiger partial charge in [-0.2, -0.15) is 13.2 Å². The third kappa shape index (κ3) is 3.45. The number of halogens is 3. The topological polar surface area (TPSA) is 80.0 Å². The second-order valence-electron chi connectivity index (χ2n) is 6.82. The molecule has 1 saturated heterocycles. The van der Waals surface area contributed by atoms with Crippen LogP contribution in [-0.4, -0.2) is 35.7 Å². The van der Waals surface area contributed by atoms with Gasteiger partial charge in [-0.3, -0.25) is 4.79 Å². The monoisotopic (exact) mass is 390 g/mol. The van der Waals surface area contributed by atoms with Gasteiger partial charge in [-0.15, -0.1) is 0 Å². The number of pyridine rings is 1. The van der Waals surface area contributed by atoms with Crippen molar-refractivity contribution in [2.45, 2.75) is 13.1 Å². The fourth-order valence-electron chi connectivity index (χ4n) is 3.10. The predicted octanol–water partition coefficient (Wildman–Crippen LogP) is 3.17. The summed E-state index contributed by atoms with van der Waals surface area (Å²) in [6.45, 7) is 3.88. The minimum absolute atomic E-state index is 0.114. The second-order valence-corrected chi connectivity index (χ2v) is 6.82. The van der Waals surface area contributed by atoms with Gasteiger partial charge in [0.25, 0.3) is 11.6 Å². The highest BCUT2D eigenvalue weighted by Gasteiger charge is 2.31. The molecule has 2 N–H and O–H groups in total. The van der Waals surface area contributed by atoms with Gasteiger partial charge in [-0.25, -0.2) is 4.98 Å². The molecule has 1 aliphatic rings. The molecule has 9 heteroatoms. The molecule has 146 valence electrons. The molecule has 1 fully saturated rings. The molecule has 0 bridgehead atoms. The van der Waals surface area contributed by atoms with Crippen LogP contribution in [0.3, 0.4) is 0 Å². The van der Waals surface area contributed by atoms with Crippen molar-refractivity contribution in [2.24, 2.45) is 5.92 Å². The molecular formula is C19H17F3N4O2. The quantitative estimate of drug-likeness (QED) is 0.715. The molecule has 4 rings (SSSR count). The van der Waals surface area contributed by atoms with Gasteiger partial charge < -0.3 is 15.2 Å². The van der Waals surface area contributed by atoms with Crippen molar-refractivity contribution in [3.05, 3.63) is 47.2 Å². The third-order valence-electron chi connectivity index (χ3n) is 4.76. The van der Waals surface area contributed by atoms with Crippen molar-refractivity contribution in [1.82, 2.24) is 20.8 Å². The van der Waals surface area contributed by atoms with Gasteiger partial charge in [0.1, 0.15) is 0 Å². The van der Waals surface area contributed by atoms with Crippen molar-refractivity contribution in [2.75, 3.05) is 19.6 Å². The molecule has 1 amide bonds. The third-order valence-corrected chi connectivity index (χ3v) is 4.76. The van der Waals surface area contributed by atoms with Crippen LogP contribution in [-0.2, 0) is 6.18 Å². The highest BCUT2D eigenvalue weighted by atomic mass is 19.4. The van der Waals surface area contributed by atoms with Crippen LogP contribution in [0.25, 0.3) is 22.4 Å². The van der Waals surface area contributed by atoms with Crippen LogP contribution in [0.4, 0.5) is 13.2 Å². The van der Waals surface area contributed by atoms with E-state index in [0.29, 0.717) is 23.5 Å². The lowest BCUT2D eigenvalue weighted by Crippen LogP contribution is -2.48. The molecule has 0 radical (unpaired) electrons. The molecular weight excluding hydrogens is 373 g/mol. The molecule has 2 aromatic heterocycles. The van der Waals surface area contributed by atoms with Crippen molar-refractivity contribution in [1.29, 1.82) is 0 Å². The lowest BCUT2D eigenvalue weighted by Gasteiger charge is -2.27. The van der Waals surface area contributed by atoms with Crippen molar-refractivity contribution in [3.63, 3.8) is 0 Å². The number of benzene rings is 1. The number of carbonyl (C=O) groups is 1. The molecule has 0 spiro atoms. The van der Waals surface area contributed by atoms with E-state index in [1.165, 1.54) is 18.2 Å². The Kier molecular flexibility index (Phi) is 4.54. The maximum Gasteiger partial charge on any atom is 0.416 e. The Morgan fingerprint density at radius 3 is 2.79 bits per heavy atom. The highest BCUT2D eigenvalue weighted by molar-refractivity contribution is 6.07. The first-order valence-electron chi connectivity index (χ1n) is 8.76. The number of hydrogen-bond acceptors (Lipinski definition) is 5. The average molecular weight is 390 g/mol. The summed E-state index contributed by atoms with van der Waals surface area (Å²) in [5.41, 5.74) is 0.553. The first-order chi connectivity index (χ1) is 13.3. The molecule has 0 unspecified atom stereocenters. The van der Waals surface area contributed by atoms with Crippen molar-refractivity contribution in [3.8, 4) is 11.3 Å². The summed E-state index contributed by atoms with van der Waals surface area (Å²) < 4.78 is 44.3. The minimum atomic E-state index is -4.47. The van der Waals surface area contributed by atoms with Crippen molar-refractivity contribution < 1.29 is 22.5 Å². The Bertz CT molecular complexity index is 1040. The van der Waals surface area contributed by atoms with E-state index < -0.39 is 11.7 Å². The molecule has 1 aliphatic heterocycles. The average Bonchev–Trinajstić information content (AvgIpc) is 3.00. The minimum Gasteiger partial charge on any atom is -0.352 e. The van der Waals surface area contributed by atoms with E-state index in [-0.39, 0.29) is 28.4 Å². The zero-order valence-corrected chi connectivity index (χ0v) is 14.9. The largest absolute Gasteiger partial charge is 0.416 e. The number of carbonyl (C=O) groups excluding carboxylic acids is 1. The van der Waals surface area contributed by atoms with E-state index in [0.717, 1.165) is 25.2 Å². The smallest absolute Gasteiger partial charge is 0.352 e. The van der Waals surface area contributed by atoms with Crippen molar-refractivity contribution >= 4 is 17.0 Å². The Hall–Kier alpha value is -2.94. The predicted molar refractivity (Wildman–Crippen MR) is 95.7 cm³/mol. The normalized spacial score (nSPS) is 14.9. The van der Waals surface area contributed by atoms with Gasteiger partial charge in [-0.05, 0) is 25.1 Å². The zero-order chi connectivity index (χ0) is 19.9. The molecule has 0 atom stereocenters. The highest BCUT2D eigenvalue weighted by Crippen LogP contribution is 2.33. The Morgan fingerprint density at radius 1 is 1.32 bits per heavy atom. The summed E-state index contributed by atoms with van der Waals surface area (Å²) >= 11 is 0. The number of nitrogens with one attached hydrogen (secondary N) is 2. The molecule has 6 nitrogen and oxygen atoms in total. The lowest BCUT2D eigenvalue weighted by molar-refractivity contribution is -0.137. The van der Waals surface area contributed by atoms with Gasteiger partial charge in [0.2, 0.25) is 0 Å². The van der Waals surface area contributed by atoms with Crippen LogP contribution in [0.2, 0.25) is 0 Å². The van der Waals surface area contributed by atoms with E-state index in [1.54, 1.807) is 6.92 Å². The summed E-state index contributed by atoms with van der Waals surface area (Å²) in [6, 6.07) is 6.28. The van der Waals surface area contributed by atoms with Gasteiger partial charge >= 0.3 is 6.18 Å². The number of nitrogens with zero attached hydrogens (tertiary/aromatic N) is 2. The molecule has 3 heterocycles. The molecule has 1 aromatic carbocycles. The molecule has 0 saturated carbocycles. The van der Waals surface area contributed by atoms with E-state index >= 15 is 0 Å². The van der Waals surface area contributed by atoms with E-state index in [2.05, 4.69) is 20.8 Å². The maximum atomic E-state index is 13.0. The number of rotatable bonds is 4. The summed E-state index contributed by atoms with van der Waals surface area (Å²) in [7, 11) is 0. The number of amides is 1. The van der Waals surface area contributed by atoms with Gasteiger partial charge in [0, 0.05) is 31.1 Å². The first kappa shape index (κ1) is 18.4.